The molecule has 0 amide bonds. The number of benzene rings is 2. The van der Waals surface area contributed by atoms with Crippen LogP contribution in [0.25, 0.3) is 0 Å². The number of nitrogens with zero attached hydrogens (tertiary/aromatic N) is 5. The van der Waals surface area contributed by atoms with Gasteiger partial charge in [-0.25, -0.2) is 4.39 Å². The molecule has 2 heterocycles. The molecule has 2 aliphatic rings. The smallest absolute Gasteiger partial charge is 0.152 e. The molecule has 0 radical (unpaired) electrons. The van der Waals surface area contributed by atoms with Gasteiger partial charge in [-0.05, 0) is 32.3 Å². The first-order chi connectivity index (χ1) is 12.6. The number of anilines is 1. The molecule has 2 aliphatic heterocycles. The summed E-state index contributed by atoms with van der Waals surface area (Å²) in [6.45, 7) is 2.93. The van der Waals surface area contributed by atoms with Gasteiger partial charge in [-0.15, -0.1) is 0 Å². The number of likely N-dealkylation sites (N-methyl/N-ethyl adjacent to an activating group) is 1. The summed E-state index contributed by atoms with van der Waals surface area (Å²) in [5.74, 6) is 0.652. The van der Waals surface area contributed by atoms with Crippen LogP contribution < -0.4 is 4.90 Å². The number of fused-ring (bicyclic) bond motifs is 3. The van der Waals surface area contributed by atoms with Gasteiger partial charge in [0.25, 0.3) is 0 Å². The standard InChI is InChI=1S/C20H22FN5/c1-24(2)10-11-25-14-26-18-9-8-16(21)12-17(18)20(22-13-19(26)23-25)15-6-4-3-5-7-15/h3-9,12H,10-11,13-14H2,1-2H3. The average molecular weight is 351 g/mol. The maximum Gasteiger partial charge on any atom is 0.152 e. The molecular weight excluding hydrogens is 329 g/mol. The van der Waals surface area contributed by atoms with Crippen molar-refractivity contribution in [1.82, 2.24) is 9.91 Å². The number of hydrazone groups is 1. The van der Waals surface area contributed by atoms with Crippen LogP contribution in [0.5, 0.6) is 0 Å². The molecule has 0 bridgehead atoms. The zero-order valence-electron chi connectivity index (χ0n) is 15.1. The fourth-order valence-corrected chi connectivity index (χ4v) is 3.27. The Kier molecular flexibility index (Phi) is 4.42. The van der Waals surface area contributed by atoms with Gasteiger partial charge in [-0.3, -0.25) is 10.0 Å². The van der Waals surface area contributed by atoms with E-state index in [9.17, 15) is 4.39 Å². The van der Waals surface area contributed by atoms with Gasteiger partial charge >= 0.3 is 0 Å². The lowest BCUT2D eigenvalue weighted by atomic mass is 10.00. The maximum atomic E-state index is 14.0. The van der Waals surface area contributed by atoms with Crippen LogP contribution in [-0.2, 0) is 0 Å². The summed E-state index contributed by atoms with van der Waals surface area (Å²) in [6.07, 6.45) is 0. The van der Waals surface area contributed by atoms with Crippen LogP contribution in [0.4, 0.5) is 10.1 Å². The van der Waals surface area contributed by atoms with Crippen LogP contribution >= 0.6 is 0 Å². The van der Waals surface area contributed by atoms with E-state index in [4.69, 9.17) is 10.1 Å². The fraction of sp³-hybridized carbons (Fsp3) is 0.300. The van der Waals surface area contributed by atoms with E-state index < -0.39 is 0 Å². The number of hydrogen-bond donors (Lipinski definition) is 0. The highest BCUT2D eigenvalue weighted by Crippen LogP contribution is 2.30. The van der Waals surface area contributed by atoms with Crippen molar-refractivity contribution in [2.75, 3.05) is 45.3 Å². The fourth-order valence-electron chi connectivity index (χ4n) is 3.27. The highest BCUT2D eigenvalue weighted by molar-refractivity contribution is 6.20. The van der Waals surface area contributed by atoms with E-state index in [2.05, 4.69) is 23.9 Å². The van der Waals surface area contributed by atoms with Gasteiger partial charge in [0.15, 0.2) is 5.84 Å². The van der Waals surface area contributed by atoms with E-state index in [1.165, 1.54) is 6.07 Å². The Bertz CT molecular complexity index is 860. The maximum absolute atomic E-state index is 14.0. The minimum atomic E-state index is -0.253. The Balaban J connectivity index is 1.73. The summed E-state index contributed by atoms with van der Waals surface area (Å²) >= 11 is 0. The number of amidine groups is 1. The predicted octanol–water partition coefficient (Wildman–Crippen LogP) is 2.63. The second-order valence-electron chi connectivity index (χ2n) is 6.81. The molecule has 0 aliphatic carbocycles. The van der Waals surface area contributed by atoms with Crippen molar-refractivity contribution in [1.29, 1.82) is 0 Å². The van der Waals surface area contributed by atoms with E-state index in [1.54, 1.807) is 6.07 Å². The minimum Gasteiger partial charge on any atom is -0.308 e. The van der Waals surface area contributed by atoms with Crippen molar-refractivity contribution in [2.24, 2.45) is 10.1 Å². The summed E-state index contributed by atoms with van der Waals surface area (Å²) < 4.78 is 14.0. The zero-order chi connectivity index (χ0) is 18.1. The van der Waals surface area contributed by atoms with Crippen molar-refractivity contribution < 1.29 is 4.39 Å². The molecule has 0 aromatic heterocycles. The van der Waals surface area contributed by atoms with Crippen molar-refractivity contribution >= 4 is 17.2 Å². The molecule has 2 aromatic rings. The topological polar surface area (TPSA) is 34.4 Å². The largest absolute Gasteiger partial charge is 0.308 e. The molecular formula is C20H22FN5. The van der Waals surface area contributed by atoms with Crippen LogP contribution in [0.1, 0.15) is 11.1 Å². The lowest BCUT2D eigenvalue weighted by Crippen LogP contribution is -2.34. The molecule has 0 fully saturated rings. The lowest BCUT2D eigenvalue weighted by Gasteiger charge is -2.23. The first-order valence-corrected chi connectivity index (χ1v) is 8.76. The van der Waals surface area contributed by atoms with Gasteiger partial charge in [-0.1, -0.05) is 30.3 Å². The molecule has 0 spiro atoms. The third-order valence-corrected chi connectivity index (χ3v) is 4.61. The predicted molar refractivity (Wildman–Crippen MR) is 103 cm³/mol. The summed E-state index contributed by atoms with van der Waals surface area (Å²) in [5, 5.41) is 6.79. The Hall–Kier alpha value is -2.73. The van der Waals surface area contributed by atoms with Crippen LogP contribution in [0.3, 0.4) is 0 Å². The number of rotatable bonds is 4. The monoisotopic (exact) mass is 351 g/mol. The number of hydrogen-bond acceptors (Lipinski definition) is 5. The van der Waals surface area contributed by atoms with E-state index in [-0.39, 0.29) is 5.82 Å². The van der Waals surface area contributed by atoms with Gasteiger partial charge in [0.1, 0.15) is 12.5 Å². The molecule has 0 saturated heterocycles. The Labute approximate surface area is 153 Å². The summed E-state index contributed by atoms with van der Waals surface area (Å²) in [6, 6.07) is 14.9. The number of aliphatic imine (C=N–C) groups is 1. The number of halogens is 1. The molecule has 0 N–H and O–H groups in total. The van der Waals surface area contributed by atoms with Crippen LogP contribution in [0, 0.1) is 5.82 Å². The van der Waals surface area contributed by atoms with Gasteiger partial charge in [0, 0.05) is 17.7 Å². The normalized spacial score (nSPS) is 16.2. The van der Waals surface area contributed by atoms with Gasteiger partial charge in [0.05, 0.1) is 24.5 Å². The third-order valence-electron chi connectivity index (χ3n) is 4.61. The lowest BCUT2D eigenvalue weighted by molar-refractivity contribution is 0.270. The summed E-state index contributed by atoms with van der Waals surface area (Å²) in [5.41, 5.74) is 3.58. The van der Waals surface area contributed by atoms with Crippen molar-refractivity contribution in [3.63, 3.8) is 0 Å². The van der Waals surface area contributed by atoms with Crippen molar-refractivity contribution in [3.8, 4) is 0 Å². The molecule has 4 rings (SSSR count). The van der Waals surface area contributed by atoms with E-state index in [0.717, 1.165) is 41.5 Å². The van der Waals surface area contributed by atoms with E-state index >= 15 is 0 Å². The zero-order valence-corrected chi connectivity index (χ0v) is 15.1. The molecule has 0 atom stereocenters. The Morgan fingerprint density at radius 1 is 1.12 bits per heavy atom. The molecule has 2 aromatic carbocycles. The minimum absolute atomic E-state index is 0.253. The Morgan fingerprint density at radius 3 is 2.69 bits per heavy atom. The molecule has 0 unspecified atom stereocenters. The van der Waals surface area contributed by atoms with Crippen LogP contribution in [0.15, 0.2) is 58.6 Å². The van der Waals surface area contributed by atoms with Crippen LogP contribution in [0.2, 0.25) is 0 Å². The van der Waals surface area contributed by atoms with Gasteiger partial charge in [0.2, 0.25) is 0 Å². The van der Waals surface area contributed by atoms with E-state index in [0.29, 0.717) is 13.2 Å². The molecule has 5 nitrogen and oxygen atoms in total. The average Bonchev–Trinajstić information content (AvgIpc) is 2.98. The van der Waals surface area contributed by atoms with Gasteiger partial charge < -0.3 is 9.80 Å². The van der Waals surface area contributed by atoms with E-state index in [1.807, 2.05) is 41.4 Å². The molecule has 134 valence electrons. The second-order valence-corrected chi connectivity index (χ2v) is 6.81. The van der Waals surface area contributed by atoms with Crippen molar-refractivity contribution in [2.45, 2.75) is 0 Å². The quantitative estimate of drug-likeness (QED) is 0.849. The summed E-state index contributed by atoms with van der Waals surface area (Å²) in [4.78, 5) is 9.07. The summed E-state index contributed by atoms with van der Waals surface area (Å²) in [7, 11) is 4.10. The second kappa shape index (κ2) is 6.88. The Morgan fingerprint density at radius 2 is 1.92 bits per heavy atom. The molecule has 6 heteroatoms. The first-order valence-electron chi connectivity index (χ1n) is 8.76. The highest BCUT2D eigenvalue weighted by Gasteiger charge is 2.29. The van der Waals surface area contributed by atoms with Crippen LogP contribution in [-0.4, -0.2) is 61.9 Å². The first kappa shape index (κ1) is 16.7. The molecule has 0 saturated carbocycles. The highest BCUT2D eigenvalue weighted by atomic mass is 19.1. The van der Waals surface area contributed by atoms with Crippen molar-refractivity contribution in [3.05, 3.63) is 65.5 Å². The SMILES string of the molecule is CN(C)CCN1CN2C(=N1)CN=C(c1ccccc1)c1cc(F)ccc12. The molecule has 26 heavy (non-hydrogen) atoms. The van der Waals surface area contributed by atoms with Gasteiger partial charge in [-0.2, -0.15) is 5.10 Å². The third kappa shape index (κ3) is 3.20.